The zero-order valence-electron chi connectivity index (χ0n) is 21.6. The first kappa shape index (κ1) is 27.6. The van der Waals surface area contributed by atoms with E-state index < -0.39 is 5.25 Å². The topological polar surface area (TPSA) is 71.1 Å². The lowest BCUT2D eigenvalue weighted by atomic mass is 10.1. The Morgan fingerprint density at radius 2 is 1.65 bits per heavy atom. The first-order valence-corrected chi connectivity index (χ1v) is 14.8. The smallest absolute Gasteiger partial charge is 0.244 e. The minimum Gasteiger partial charge on any atom is -0.326 e. The van der Waals surface area contributed by atoms with Crippen LogP contribution in [0, 0.1) is 6.92 Å². The molecule has 0 fully saturated rings. The van der Waals surface area contributed by atoms with Crippen LogP contribution in [0.3, 0.4) is 0 Å². The largest absolute Gasteiger partial charge is 0.326 e. The summed E-state index contributed by atoms with van der Waals surface area (Å²) in [5.74, 6) is -0.298. The highest BCUT2D eigenvalue weighted by atomic mass is 35.5. The van der Waals surface area contributed by atoms with E-state index in [0.29, 0.717) is 15.8 Å². The van der Waals surface area contributed by atoms with Gasteiger partial charge in [0.05, 0.1) is 12.1 Å². The zero-order valence-corrected chi connectivity index (χ0v) is 24.0. The summed E-state index contributed by atoms with van der Waals surface area (Å²) in [5, 5.41) is 8.57. The van der Waals surface area contributed by atoms with Crippen LogP contribution in [-0.4, -0.2) is 16.8 Å². The average Bonchev–Trinajstić information content (AvgIpc) is 3.42. The Morgan fingerprint density at radius 3 is 2.40 bits per heavy atom. The summed E-state index contributed by atoms with van der Waals surface area (Å²) in [4.78, 5) is 31.7. The van der Waals surface area contributed by atoms with Gasteiger partial charge in [-0.2, -0.15) is 0 Å². The van der Waals surface area contributed by atoms with E-state index in [1.165, 1.54) is 28.7 Å². The van der Waals surface area contributed by atoms with Gasteiger partial charge in [0.25, 0.3) is 0 Å². The third-order valence-corrected chi connectivity index (χ3v) is 8.33. The van der Waals surface area contributed by atoms with Crippen molar-refractivity contribution in [2.75, 3.05) is 10.6 Å². The normalized spacial score (nSPS) is 11.6. The number of nitrogens with one attached hydrogen (secondary N) is 2. The van der Waals surface area contributed by atoms with E-state index in [4.69, 9.17) is 11.6 Å². The summed E-state index contributed by atoms with van der Waals surface area (Å²) in [6.07, 6.45) is 0.238. The van der Waals surface area contributed by atoms with Gasteiger partial charge < -0.3 is 10.6 Å². The Labute approximate surface area is 246 Å². The van der Waals surface area contributed by atoms with Crippen LogP contribution in [0.15, 0.2) is 113 Å². The van der Waals surface area contributed by atoms with Crippen molar-refractivity contribution in [2.24, 2.45) is 0 Å². The SMILES string of the molecule is Cc1ccc(-c2csc(NC(=O)C(Sc3cccc(NC(=O)Cc4ccc(Cl)cc4)c3)c3ccccc3)n2)cc1. The maximum Gasteiger partial charge on any atom is 0.244 e. The molecular weight excluding hydrogens is 558 g/mol. The molecule has 0 saturated carbocycles. The second-order valence-electron chi connectivity index (χ2n) is 9.18. The van der Waals surface area contributed by atoms with E-state index in [2.05, 4.69) is 15.6 Å². The number of benzene rings is 4. The number of amides is 2. The van der Waals surface area contributed by atoms with E-state index in [1.54, 1.807) is 12.1 Å². The lowest BCUT2D eigenvalue weighted by molar-refractivity contribution is -0.116. The molecule has 5 nitrogen and oxygen atoms in total. The van der Waals surface area contributed by atoms with Gasteiger partial charge in [-0.15, -0.1) is 23.1 Å². The fourth-order valence-electron chi connectivity index (χ4n) is 4.04. The second-order valence-corrected chi connectivity index (χ2v) is 11.7. The molecule has 0 bridgehead atoms. The third kappa shape index (κ3) is 7.39. The van der Waals surface area contributed by atoms with Crippen LogP contribution >= 0.6 is 34.7 Å². The van der Waals surface area contributed by atoms with Gasteiger partial charge in [-0.3, -0.25) is 9.59 Å². The van der Waals surface area contributed by atoms with E-state index in [9.17, 15) is 9.59 Å². The van der Waals surface area contributed by atoms with Gasteiger partial charge in [-0.25, -0.2) is 4.98 Å². The van der Waals surface area contributed by atoms with Crippen LogP contribution in [0.2, 0.25) is 5.02 Å². The van der Waals surface area contributed by atoms with E-state index in [1.807, 2.05) is 103 Å². The van der Waals surface area contributed by atoms with Crippen LogP contribution in [0.5, 0.6) is 0 Å². The van der Waals surface area contributed by atoms with Crippen molar-refractivity contribution >= 4 is 57.3 Å². The molecule has 4 aromatic carbocycles. The quantitative estimate of drug-likeness (QED) is 0.171. The molecule has 0 aliphatic carbocycles. The second kappa shape index (κ2) is 13.0. The number of hydrogen-bond acceptors (Lipinski definition) is 5. The van der Waals surface area contributed by atoms with Crippen LogP contribution in [-0.2, 0) is 16.0 Å². The zero-order chi connectivity index (χ0) is 27.9. The molecule has 200 valence electrons. The highest BCUT2D eigenvalue weighted by Crippen LogP contribution is 2.37. The molecular formula is C32H26ClN3O2S2. The van der Waals surface area contributed by atoms with Crippen molar-refractivity contribution in [1.82, 2.24) is 4.98 Å². The van der Waals surface area contributed by atoms with Crippen molar-refractivity contribution in [3.63, 3.8) is 0 Å². The van der Waals surface area contributed by atoms with E-state index in [-0.39, 0.29) is 18.2 Å². The Hall–Kier alpha value is -3.91. The lowest BCUT2D eigenvalue weighted by Gasteiger charge is -2.17. The van der Waals surface area contributed by atoms with Crippen LogP contribution in [0.25, 0.3) is 11.3 Å². The molecule has 0 spiro atoms. The van der Waals surface area contributed by atoms with Crippen LogP contribution in [0.4, 0.5) is 10.8 Å². The fourth-order valence-corrected chi connectivity index (χ4v) is 5.97. The number of halogens is 1. The summed E-state index contributed by atoms with van der Waals surface area (Å²) in [5.41, 5.74) is 5.43. The minimum absolute atomic E-state index is 0.130. The number of carbonyl (C=O) groups is 2. The number of anilines is 2. The number of carbonyl (C=O) groups excluding carboxylic acids is 2. The molecule has 0 aliphatic rings. The number of hydrogen-bond donors (Lipinski definition) is 2. The molecule has 1 unspecified atom stereocenters. The van der Waals surface area contributed by atoms with Crippen molar-refractivity contribution in [3.05, 3.63) is 130 Å². The van der Waals surface area contributed by atoms with E-state index >= 15 is 0 Å². The van der Waals surface area contributed by atoms with Gasteiger partial charge in [0, 0.05) is 26.5 Å². The predicted octanol–water partition coefficient (Wildman–Crippen LogP) is 8.43. The first-order valence-electron chi connectivity index (χ1n) is 12.6. The highest BCUT2D eigenvalue weighted by molar-refractivity contribution is 8.00. The molecule has 2 N–H and O–H groups in total. The standard InChI is InChI=1S/C32H26ClN3O2S2/c1-21-10-14-23(15-11-21)28-20-39-32(35-28)36-31(38)30(24-6-3-2-4-7-24)40-27-9-5-8-26(19-27)34-29(37)18-22-12-16-25(33)17-13-22/h2-17,19-20,30H,18H2,1H3,(H,34,37)(H,35,36,38). The Bertz CT molecular complexity index is 1600. The molecule has 1 aromatic heterocycles. The highest BCUT2D eigenvalue weighted by Gasteiger charge is 2.23. The summed E-state index contributed by atoms with van der Waals surface area (Å²) in [6, 6.07) is 32.5. The number of rotatable bonds is 9. The third-order valence-electron chi connectivity index (χ3n) is 6.07. The van der Waals surface area contributed by atoms with Gasteiger partial charge in [-0.05, 0) is 48.4 Å². The monoisotopic (exact) mass is 583 g/mol. The molecule has 0 aliphatic heterocycles. The lowest BCUT2D eigenvalue weighted by Crippen LogP contribution is -2.19. The van der Waals surface area contributed by atoms with Crippen LogP contribution in [0.1, 0.15) is 21.9 Å². The number of aromatic nitrogens is 1. The van der Waals surface area contributed by atoms with Gasteiger partial charge >= 0.3 is 0 Å². The Morgan fingerprint density at radius 1 is 0.900 bits per heavy atom. The number of aryl methyl sites for hydroxylation is 1. The van der Waals surface area contributed by atoms with Gasteiger partial charge in [-0.1, -0.05) is 90.0 Å². The number of thiazole rings is 1. The van der Waals surface area contributed by atoms with Gasteiger partial charge in [0.1, 0.15) is 5.25 Å². The van der Waals surface area contributed by atoms with Crippen molar-refractivity contribution < 1.29 is 9.59 Å². The molecule has 1 heterocycles. The summed E-state index contributed by atoms with van der Waals surface area (Å²) >= 11 is 8.76. The molecule has 8 heteroatoms. The maximum atomic E-state index is 13.6. The average molecular weight is 584 g/mol. The summed E-state index contributed by atoms with van der Waals surface area (Å²) < 4.78 is 0. The minimum atomic E-state index is -0.520. The first-order chi connectivity index (χ1) is 19.4. The molecule has 0 radical (unpaired) electrons. The number of thioether (sulfide) groups is 1. The molecule has 5 rings (SSSR count). The predicted molar refractivity (Wildman–Crippen MR) is 166 cm³/mol. The van der Waals surface area contributed by atoms with Crippen molar-refractivity contribution in [1.29, 1.82) is 0 Å². The van der Waals surface area contributed by atoms with E-state index in [0.717, 1.165) is 27.3 Å². The van der Waals surface area contributed by atoms with Gasteiger partial charge in [0.15, 0.2) is 5.13 Å². The maximum absolute atomic E-state index is 13.6. The molecule has 2 amide bonds. The fraction of sp³-hybridized carbons (Fsp3) is 0.0938. The molecule has 0 saturated heterocycles. The molecule has 1 atom stereocenters. The summed E-state index contributed by atoms with van der Waals surface area (Å²) in [7, 11) is 0. The molecule has 40 heavy (non-hydrogen) atoms. The van der Waals surface area contributed by atoms with Crippen molar-refractivity contribution in [3.8, 4) is 11.3 Å². The number of nitrogens with zero attached hydrogens (tertiary/aromatic N) is 1. The Balaban J connectivity index is 1.29. The van der Waals surface area contributed by atoms with Crippen molar-refractivity contribution in [2.45, 2.75) is 23.5 Å². The van der Waals surface area contributed by atoms with Gasteiger partial charge in [0.2, 0.25) is 11.8 Å². The Kier molecular flexibility index (Phi) is 8.96. The summed E-state index contributed by atoms with van der Waals surface area (Å²) in [6.45, 7) is 2.04. The van der Waals surface area contributed by atoms with Crippen LogP contribution < -0.4 is 10.6 Å². The molecule has 5 aromatic rings.